The Labute approximate surface area is 93.6 Å². The second kappa shape index (κ2) is 4.69. The molecule has 1 atom stereocenters. The highest BCUT2D eigenvalue weighted by Gasteiger charge is 2.40. The summed E-state index contributed by atoms with van der Waals surface area (Å²) in [4.78, 5) is 0. The van der Waals surface area contributed by atoms with Crippen LogP contribution in [-0.2, 0) is 0 Å². The van der Waals surface area contributed by atoms with Crippen LogP contribution in [0.5, 0.6) is 0 Å². The number of hydrogen-bond acceptors (Lipinski definition) is 1. The first kappa shape index (κ1) is 11.2. The van der Waals surface area contributed by atoms with E-state index in [4.69, 9.17) is 0 Å². The third-order valence-electron chi connectivity index (χ3n) is 4.56. The summed E-state index contributed by atoms with van der Waals surface area (Å²) in [5, 5.41) is 10.6. The zero-order valence-electron chi connectivity index (χ0n) is 9.97. The van der Waals surface area contributed by atoms with E-state index in [1.54, 1.807) is 0 Å². The molecule has 86 valence electrons. The fraction of sp³-hybridized carbons (Fsp3) is 0.857. The molecule has 1 saturated carbocycles. The van der Waals surface area contributed by atoms with Gasteiger partial charge >= 0.3 is 0 Å². The van der Waals surface area contributed by atoms with Crippen molar-refractivity contribution in [1.29, 1.82) is 0 Å². The van der Waals surface area contributed by atoms with Crippen molar-refractivity contribution in [3.8, 4) is 0 Å². The number of aliphatic hydroxyl groups excluding tert-OH is 1. The summed E-state index contributed by atoms with van der Waals surface area (Å²) >= 11 is 0. The highest BCUT2D eigenvalue weighted by molar-refractivity contribution is 5.15. The van der Waals surface area contributed by atoms with Gasteiger partial charge in [0.15, 0.2) is 0 Å². The molecular weight excluding hydrogens is 184 g/mol. The minimum Gasteiger partial charge on any atom is -0.388 e. The molecule has 0 aromatic rings. The van der Waals surface area contributed by atoms with Gasteiger partial charge in [-0.1, -0.05) is 25.8 Å². The van der Waals surface area contributed by atoms with Crippen LogP contribution in [0.4, 0.5) is 0 Å². The number of hydrogen-bond donors (Lipinski definition) is 1. The molecule has 1 unspecified atom stereocenters. The van der Waals surface area contributed by atoms with Gasteiger partial charge in [-0.25, -0.2) is 0 Å². The molecule has 1 fully saturated rings. The molecule has 0 spiro atoms. The van der Waals surface area contributed by atoms with E-state index < -0.39 is 0 Å². The van der Waals surface area contributed by atoms with E-state index in [2.05, 4.69) is 13.0 Å². The second-order valence-corrected chi connectivity index (χ2v) is 5.35. The van der Waals surface area contributed by atoms with Crippen LogP contribution >= 0.6 is 0 Å². The zero-order valence-corrected chi connectivity index (χ0v) is 9.97. The van der Waals surface area contributed by atoms with Gasteiger partial charge in [0.1, 0.15) is 0 Å². The van der Waals surface area contributed by atoms with Crippen molar-refractivity contribution in [3.63, 3.8) is 0 Å². The van der Waals surface area contributed by atoms with Crippen molar-refractivity contribution in [2.75, 3.05) is 0 Å². The standard InChI is InChI=1S/C14H24O/c1-2-14(10-6-7-11-14)13(15)12-8-4-3-5-9-12/h8,13,15H,2-7,9-11H2,1H3. The van der Waals surface area contributed by atoms with Gasteiger partial charge < -0.3 is 5.11 Å². The Hall–Kier alpha value is -0.300. The highest BCUT2D eigenvalue weighted by atomic mass is 16.3. The average molecular weight is 208 g/mol. The van der Waals surface area contributed by atoms with Crippen LogP contribution < -0.4 is 0 Å². The smallest absolute Gasteiger partial charge is 0.0806 e. The summed E-state index contributed by atoms with van der Waals surface area (Å²) in [7, 11) is 0. The Morgan fingerprint density at radius 2 is 2.00 bits per heavy atom. The van der Waals surface area contributed by atoms with Gasteiger partial charge in [-0.3, -0.25) is 0 Å². The van der Waals surface area contributed by atoms with E-state index in [-0.39, 0.29) is 11.5 Å². The van der Waals surface area contributed by atoms with Crippen LogP contribution in [0.15, 0.2) is 11.6 Å². The van der Waals surface area contributed by atoms with Crippen molar-refractivity contribution >= 4 is 0 Å². The first-order valence-corrected chi connectivity index (χ1v) is 6.65. The summed E-state index contributed by atoms with van der Waals surface area (Å²) in [6.45, 7) is 2.25. The SMILES string of the molecule is CCC1(C(O)C2=CCCCC2)CCCC1. The quantitative estimate of drug-likeness (QED) is 0.699. The first-order valence-electron chi connectivity index (χ1n) is 6.65. The van der Waals surface area contributed by atoms with Crippen molar-refractivity contribution in [2.24, 2.45) is 5.41 Å². The molecule has 0 saturated heterocycles. The van der Waals surface area contributed by atoms with Gasteiger partial charge in [-0.2, -0.15) is 0 Å². The van der Waals surface area contributed by atoms with Crippen LogP contribution in [0, 0.1) is 5.41 Å². The largest absolute Gasteiger partial charge is 0.388 e. The summed E-state index contributed by atoms with van der Waals surface area (Å²) in [5.41, 5.74) is 1.59. The number of rotatable bonds is 3. The topological polar surface area (TPSA) is 20.2 Å². The van der Waals surface area contributed by atoms with E-state index in [0.717, 1.165) is 12.8 Å². The normalized spacial score (nSPS) is 27.5. The predicted octanol–water partition coefficient (Wildman–Crippen LogP) is 3.82. The molecule has 0 amide bonds. The maximum atomic E-state index is 10.6. The van der Waals surface area contributed by atoms with Gasteiger partial charge in [-0.15, -0.1) is 0 Å². The molecular formula is C14H24O. The first-order chi connectivity index (χ1) is 7.28. The lowest BCUT2D eigenvalue weighted by Crippen LogP contribution is -2.34. The minimum absolute atomic E-state index is 0.134. The third-order valence-corrected chi connectivity index (χ3v) is 4.56. The Kier molecular flexibility index (Phi) is 3.50. The van der Waals surface area contributed by atoms with Crippen LogP contribution in [-0.4, -0.2) is 11.2 Å². The molecule has 0 aliphatic heterocycles. The Morgan fingerprint density at radius 3 is 2.53 bits per heavy atom. The lowest BCUT2D eigenvalue weighted by Gasteiger charge is -2.36. The van der Waals surface area contributed by atoms with Crippen molar-refractivity contribution in [3.05, 3.63) is 11.6 Å². The number of aliphatic hydroxyl groups is 1. The Morgan fingerprint density at radius 1 is 1.27 bits per heavy atom. The Bertz CT molecular complexity index is 236. The van der Waals surface area contributed by atoms with Gasteiger partial charge in [0.2, 0.25) is 0 Å². The van der Waals surface area contributed by atoms with Crippen molar-refractivity contribution < 1.29 is 5.11 Å². The summed E-state index contributed by atoms with van der Waals surface area (Å²) in [5.74, 6) is 0. The fourth-order valence-electron chi connectivity index (χ4n) is 3.40. The average Bonchev–Trinajstić information content (AvgIpc) is 2.79. The predicted molar refractivity (Wildman–Crippen MR) is 63.7 cm³/mol. The van der Waals surface area contributed by atoms with Crippen LogP contribution in [0.25, 0.3) is 0 Å². The molecule has 0 radical (unpaired) electrons. The van der Waals surface area contributed by atoms with E-state index in [9.17, 15) is 5.11 Å². The molecule has 15 heavy (non-hydrogen) atoms. The van der Waals surface area contributed by atoms with E-state index in [1.807, 2.05) is 0 Å². The molecule has 2 rings (SSSR count). The van der Waals surface area contributed by atoms with Crippen molar-refractivity contribution in [2.45, 2.75) is 70.8 Å². The van der Waals surface area contributed by atoms with E-state index in [0.29, 0.717) is 0 Å². The van der Waals surface area contributed by atoms with E-state index >= 15 is 0 Å². The van der Waals surface area contributed by atoms with E-state index in [1.165, 1.54) is 50.5 Å². The third kappa shape index (κ3) is 2.13. The van der Waals surface area contributed by atoms with Crippen molar-refractivity contribution in [1.82, 2.24) is 0 Å². The van der Waals surface area contributed by atoms with Gasteiger partial charge in [0, 0.05) is 0 Å². The zero-order chi connectivity index (χ0) is 10.7. The summed E-state index contributed by atoms with van der Waals surface area (Å²) in [6.07, 6.45) is 13.4. The van der Waals surface area contributed by atoms with Crippen LogP contribution in [0.3, 0.4) is 0 Å². The monoisotopic (exact) mass is 208 g/mol. The molecule has 1 N–H and O–H groups in total. The molecule has 0 heterocycles. The molecule has 1 nitrogen and oxygen atoms in total. The lowest BCUT2D eigenvalue weighted by molar-refractivity contribution is 0.0497. The fourth-order valence-corrected chi connectivity index (χ4v) is 3.40. The maximum absolute atomic E-state index is 10.6. The Balaban J connectivity index is 2.10. The highest BCUT2D eigenvalue weighted by Crippen LogP contribution is 2.47. The molecule has 0 aromatic carbocycles. The molecule has 2 aliphatic rings. The minimum atomic E-state index is -0.134. The van der Waals surface area contributed by atoms with Gasteiger partial charge in [0.25, 0.3) is 0 Å². The van der Waals surface area contributed by atoms with Gasteiger partial charge in [-0.05, 0) is 55.9 Å². The molecule has 1 heteroatoms. The molecule has 0 bridgehead atoms. The summed E-state index contributed by atoms with van der Waals surface area (Å²) in [6, 6.07) is 0. The second-order valence-electron chi connectivity index (χ2n) is 5.35. The molecule has 0 aromatic heterocycles. The molecule has 2 aliphatic carbocycles. The van der Waals surface area contributed by atoms with Crippen LogP contribution in [0.2, 0.25) is 0 Å². The van der Waals surface area contributed by atoms with Crippen LogP contribution in [0.1, 0.15) is 64.7 Å². The summed E-state index contributed by atoms with van der Waals surface area (Å²) < 4.78 is 0. The maximum Gasteiger partial charge on any atom is 0.0806 e. The lowest BCUT2D eigenvalue weighted by atomic mass is 9.73. The number of allylic oxidation sites excluding steroid dienone is 1. The van der Waals surface area contributed by atoms with Gasteiger partial charge in [0.05, 0.1) is 6.10 Å².